The Hall–Kier alpha value is -0.310. The van der Waals surface area contributed by atoms with E-state index in [9.17, 15) is 0 Å². The molecule has 0 unspecified atom stereocenters. The zero-order chi connectivity index (χ0) is 10.3. The molecule has 1 aromatic heterocycles. The van der Waals surface area contributed by atoms with Crippen LogP contribution in [0.2, 0.25) is 10.2 Å². The van der Waals surface area contributed by atoms with Crippen molar-refractivity contribution < 1.29 is 0 Å². The molecule has 0 aliphatic heterocycles. The Balaban J connectivity index is 2.94. The number of aromatic nitrogens is 1. The number of pyridine rings is 1. The Labute approximate surface area is 100 Å². The fourth-order valence-corrected chi connectivity index (χ4v) is 2.57. The summed E-state index contributed by atoms with van der Waals surface area (Å²) in [7, 11) is 0. The first-order valence-electron chi connectivity index (χ1n) is 4.00. The normalized spacial score (nSPS) is 10.9. The predicted octanol–water partition coefficient (Wildman–Crippen LogP) is 4.61. The molecule has 1 heterocycles. The summed E-state index contributed by atoms with van der Waals surface area (Å²) in [5.41, 5.74) is 0.894. The van der Waals surface area contributed by atoms with Crippen molar-refractivity contribution in [1.82, 2.24) is 4.98 Å². The van der Waals surface area contributed by atoms with Gasteiger partial charge in [-0.2, -0.15) is 0 Å². The second-order valence-corrected chi connectivity index (χ2v) is 4.69. The summed E-state index contributed by atoms with van der Waals surface area (Å²) in [6, 6.07) is 5.64. The van der Waals surface area contributed by atoms with Gasteiger partial charge in [0.2, 0.25) is 0 Å². The van der Waals surface area contributed by atoms with Crippen LogP contribution in [-0.4, -0.2) is 4.98 Å². The summed E-state index contributed by atoms with van der Waals surface area (Å²) >= 11 is 15.4. The summed E-state index contributed by atoms with van der Waals surface area (Å²) in [6.45, 7) is 1.91. The van der Waals surface area contributed by atoms with Crippen molar-refractivity contribution in [2.24, 2.45) is 0 Å². The zero-order valence-corrected chi connectivity index (χ0v) is 10.4. The molecule has 2 rings (SSSR count). The molecule has 0 bridgehead atoms. The lowest BCUT2D eigenvalue weighted by Crippen LogP contribution is -1.85. The largest absolute Gasteiger partial charge is 0.241 e. The van der Waals surface area contributed by atoms with Gasteiger partial charge in [0.05, 0.1) is 0 Å². The number of nitrogens with zero attached hydrogens (tertiary/aromatic N) is 1. The number of aryl methyl sites for hydroxylation is 1. The van der Waals surface area contributed by atoms with E-state index in [1.165, 1.54) is 0 Å². The molecule has 0 amide bonds. The van der Waals surface area contributed by atoms with E-state index in [4.69, 9.17) is 23.2 Å². The number of rotatable bonds is 0. The Morgan fingerprint density at radius 1 is 1.14 bits per heavy atom. The van der Waals surface area contributed by atoms with Crippen molar-refractivity contribution in [3.05, 3.63) is 38.5 Å². The Morgan fingerprint density at radius 2 is 1.86 bits per heavy atom. The fraction of sp³-hybridized carbons (Fsp3) is 0.100. The lowest BCUT2D eigenvalue weighted by Gasteiger charge is -2.04. The summed E-state index contributed by atoms with van der Waals surface area (Å²) in [5.74, 6) is 0. The van der Waals surface area contributed by atoms with Gasteiger partial charge in [-0.25, -0.2) is 4.98 Å². The highest BCUT2D eigenvalue weighted by atomic mass is 79.9. The van der Waals surface area contributed by atoms with Gasteiger partial charge in [0.25, 0.3) is 0 Å². The maximum atomic E-state index is 6.02. The molecule has 0 aliphatic carbocycles. The Kier molecular flexibility index (Phi) is 2.69. The van der Waals surface area contributed by atoms with Crippen molar-refractivity contribution in [1.29, 1.82) is 0 Å². The second kappa shape index (κ2) is 3.69. The van der Waals surface area contributed by atoms with Crippen LogP contribution in [0.3, 0.4) is 0 Å². The maximum absolute atomic E-state index is 6.02. The summed E-state index contributed by atoms with van der Waals surface area (Å²) in [6.07, 6.45) is 0. The molecule has 0 fully saturated rings. The fourth-order valence-electron chi connectivity index (χ4n) is 1.36. The standard InChI is InChI=1S/C10H6BrCl2N/c1-5-2-7-8(10(13)14-5)3-6(12)4-9(7)11/h2-4H,1H3. The van der Waals surface area contributed by atoms with Gasteiger partial charge in [-0.3, -0.25) is 0 Å². The molecule has 0 radical (unpaired) electrons. The summed E-state index contributed by atoms with van der Waals surface area (Å²) < 4.78 is 0.937. The van der Waals surface area contributed by atoms with Crippen LogP contribution in [0.25, 0.3) is 10.8 Å². The minimum absolute atomic E-state index is 0.489. The van der Waals surface area contributed by atoms with Crippen molar-refractivity contribution >= 4 is 49.9 Å². The van der Waals surface area contributed by atoms with Crippen molar-refractivity contribution in [2.45, 2.75) is 6.92 Å². The van der Waals surface area contributed by atoms with Gasteiger partial charge in [-0.15, -0.1) is 0 Å². The zero-order valence-electron chi connectivity index (χ0n) is 7.31. The molecule has 0 N–H and O–H groups in total. The highest BCUT2D eigenvalue weighted by Crippen LogP contribution is 2.31. The van der Waals surface area contributed by atoms with Crippen LogP contribution in [0.5, 0.6) is 0 Å². The lowest BCUT2D eigenvalue weighted by molar-refractivity contribution is 1.22. The molecule has 0 saturated carbocycles. The Bertz CT molecular complexity index is 464. The first-order chi connectivity index (χ1) is 6.58. The molecule has 0 atom stereocenters. The average Bonchev–Trinajstić information content (AvgIpc) is 2.07. The summed E-state index contributed by atoms with van der Waals surface area (Å²) in [5, 5.41) is 3.05. The molecule has 14 heavy (non-hydrogen) atoms. The van der Waals surface area contributed by atoms with E-state index in [2.05, 4.69) is 20.9 Å². The molecular weight excluding hydrogens is 285 g/mol. The second-order valence-electron chi connectivity index (χ2n) is 3.04. The third kappa shape index (κ3) is 1.74. The monoisotopic (exact) mass is 289 g/mol. The molecule has 4 heteroatoms. The highest BCUT2D eigenvalue weighted by Gasteiger charge is 2.06. The van der Waals surface area contributed by atoms with Gasteiger partial charge in [0.15, 0.2) is 0 Å². The number of hydrogen-bond donors (Lipinski definition) is 0. The quantitative estimate of drug-likeness (QED) is 0.646. The smallest absolute Gasteiger partial charge is 0.137 e. The van der Waals surface area contributed by atoms with E-state index < -0.39 is 0 Å². The van der Waals surface area contributed by atoms with Crippen LogP contribution in [-0.2, 0) is 0 Å². The third-order valence-corrected chi connectivity index (χ3v) is 3.11. The minimum Gasteiger partial charge on any atom is -0.241 e. The van der Waals surface area contributed by atoms with E-state index >= 15 is 0 Å². The molecule has 0 saturated heterocycles. The lowest BCUT2D eigenvalue weighted by atomic mass is 10.1. The van der Waals surface area contributed by atoms with Gasteiger partial charge < -0.3 is 0 Å². The van der Waals surface area contributed by atoms with E-state index in [1.54, 1.807) is 0 Å². The number of fused-ring (bicyclic) bond motifs is 1. The van der Waals surface area contributed by atoms with E-state index in [1.807, 2.05) is 25.1 Å². The van der Waals surface area contributed by atoms with Gasteiger partial charge in [-0.05, 0) is 25.1 Å². The van der Waals surface area contributed by atoms with Crippen LogP contribution < -0.4 is 0 Å². The van der Waals surface area contributed by atoms with Crippen LogP contribution in [0, 0.1) is 6.92 Å². The van der Waals surface area contributed by atoms with Gasteiger partial charge >= 0.3 is 0 Å². The first-order valence-corrected chi connectivity index (χ1v) is 5.55. The van der Waals surface area contributed by atoms with Gasteiger partial charge in [0, 0.05) is 26.0 Å². The maximum Gasteiger partial charge on any atom is 0.137 e. The first kappa shape index (κ1) is 10.2. The number of benzene rings is 1. The van der Waals surface area contributed by atoms with Crippen LogP contribution in [0.4, 0.5) is 0 Å². The minimum atomic E-state index is 0.489. The molecular formula is C10H6BrCl2N. The van der Waals surface area contributed by atoms with Crippen LogP contribution in [0.1, 0.15) is 5.69 Å². The van der Waals surface area contributed by atoms with Gasteiger partial charge in [-0.1, -0.05) is 39.1 Å². The molecule has 72 valence electrons. The topological polar surface area (TPSA) is 12.9 Å². The molecule has 1 nitrogen and oxygen atoms in total. The molecule has 2 aromatic rings. The molecule has 0 spiro atoms. The summed E-state index contributed by atoms with van der Waals surface area (Å²) in [4.78, 5) is 4.17. The van der Waals surface area contributed by atoms with E-state index in [0.29, 0.717) is 10.2 Å². The van der Waals surface area contributed by atoms with Crippen molar-refractivity contribution in [3.8, 4) is 0 Å². The molecule has 1 aromatic carbocycles. The van der Waals surface area contributed by atoms with Crippen molar-refractivity contribution in [3.63, 3.8) is 0 Å². The van der Waals surface area contributed by atoms with E-state index in [0.717, 1.165) is 20.9 Å². The van der Waals surface area contributed by atoms with Crippen LogP contribution in [0.15, 0.2) is 22.7 Å². The molecule has 0 aliphatic rings. The number of halogens is 3. The van der Waals surface area contributed by atoms with Gasteiger partial charge in [0.1, 0.15) is 5.15 Å². The van der Waals surface area contributed by atoms with E-state index in [-0.39, 0.29) is 0 Å². The highest BCUT2D eigenvalue weighted by molar-refractivity contribution is 9.10. The average molecular weight is 291 g/mol. The number of hydrogen-bond acceptors (Lipinski definition) is 1. The van der Waals surface area contributed by atoms with Crippen LogP contribution >= 0.6 is 39.1 Å². The Morgan fingerprint density at radius 3 is 2.57 bits per heavy atom. The van der Waals surface area contributed by atoms with Crippen molar-refractivity contribution in [2.75, 3.05) is 0 Å². The predicted molar refractivity (Wildman–Crippen MR) is 64.2 cm³/mol. The SMILES string of the molecule is Cc1cc2c(Br)cc(Cl)cc2c(Cl)n1. The third-order valence-electron chi connectivity index (χ3n) is 1.94.